The predicted octanol–water partition coefficient (Wildman–Crippen LogP) is 3.43. The van der Waals surface area contributed by atoms with Crippen LogP contribution < -0.4 is 10.6 Å². The van der Waals surface area contributed by atoms with E-state index in [-0.39, 0.29) is 42.0 Å². The largest absolute Gasteiger partial charge is 0.376 e. The van der Waals surface area contributed by atoms with Crippen LogP contribution in [-0.2, 0) is 11.2 Å². The van der Waals surface area contributed by atoms with Crippen molar-refractivity contribution in [3.8, 4) is 0 Å². The molecular weight excluding hydrogens is 527 g/mol. The Hall–Kier alpha value is -1.24. The van der Waals surface area contributed by atoms with Gasteiger partial charge in [-0.3, -0.25) is 9.89 Å². The fourth-order valence-corrected chi connectivity index (χ4v) is 4.26. The number of ether oxygens (including phenoxy) is 1. The molecule has 0 radical (unpaired) electrons. The summed E-state index contributed by atoms with van der Waals surface area (Å²) in [4.78, 5) is 13.1. The van der Waals surface area contributed by atoms with Crippen LogP contribution in [0.4, 0.5) is 0 Å². The molecule has 31 heavy (non-hydrogen) atoms. The molecule has 0 amide bonds. The zero-order chi connectivity index (χ0) is 21.3. The van der Waals surface area contributed by atoms with E-state index < -0.39 is 0 Å². The molecule has 0 bridgehead atoms. The molecule has 8 nitrogen and oxygen atoms in total. The number of nitrogens with zero attached hydrogens (tertiary/aromatic N) is 4. The van der Waals surface area contributed by atoms with Gasteiger partial charge in [0.25, 0.3) is 0 Å². The van der Waals surface area contributed by atoms with E-state index in [0.717, 1.165) is 38.0 Å². The van der Waals surface area contributed by atoms with Gasteiger partial charge in [-0.15, -0.1) is 35.3 Å². The van der Waals surface area contributed by atoms with Crippen molar-refractivity contribution >= 4 is 41.3 Å². The highest BCUT2D eigenvalue weighted by Crippen LogP contribution is 2.27. The maximum absolute atomic E-state index is 5.73. The lowest BCUT2D eigenvalue weighted by Gasteiger charge is -2.36. The molecule has 3 rings (SSSR count). The number of thiophene rings is 1. The number of aliphatic imine (C=N–C) groups is 1. The number of morpholine rings is 1. The van der Waals surface area contributed by atoms with E-state index in [1.54, 1.807) is 11.3 Å². The third kappa shape index (κ3) is 7.99. The lowest BCUT2D eigenvalue weighted by molar-refractivity contribution is -0.0327. The Morgan fingerprint density at radius 3 is 2.87 bits per heavy atom. The fourth-order valence-electron chi connectivity index (χ4n) is 3.41. The van der Waals surface area contributed by atoms with Crippen molar-refractivity contribution in [3.05, 3.63) is 34.1 Å². The van der Waals surface area contributed by atoms with Crippen molar-refractivity contribution in [1.29, 1.82) is 0 Å². The number of halogens is 1. The van der Waals surface area contributed by atoms with Gasteiger partial charge in [0, 0.05) is 43.4 Å². The Balaban J connectivity index is 0.00000341. The Kier molecular flexibility index (Phi) is 11.2. The first-order valence-electron chi connectivity index (χ1n) is 10.8. The van der Waals surface area contributed by atoms with Crippen LogP contribution in [0.25, 0.3) is 0 Å². The van der Waals surface area contributed by atoms with E-state index in [2.05, 4.69) is 70.9 Å². The summed E-state index contributed by atoms with van der Waals surface area (Å²) < 4.78 is 11.1. The molecule has 1 aliphatic rings. The second-order valence-electron chi connectivity index (χ2n) is 7.80. The monoisotopic (exact) mass is 562 g/mol. The molecule has 3 heterocycles. The van der Waals surface area contributed by atoms with Crippen LogP contribution in [0, 0.1) is 0 Å². The summed E-state index contributed by atoms with van der Waals surface area (Å²) in [5.41, 5.74) is 0. The van der Waals surface area contributed by atoms with Crippen LogP contribution in [0.2, 0.25) is 0 Å². The van der Waals surface area contributed by atoms with Crippen molar-refractivity contribution in [1.82, 2.24) is 25.7 Å². The Labute approximate surface area is 206 Å². The first-order valence-corrected chi connectivity index (χ1v) is 11.7. The van der Waals surface area contributed by atoms with Gasteiger partial charge in [-0.1, -0.05) is 25.1 Å². The van der Waals surface area contributed by atoms with Crippen molar-refractivity contribution in [2.75, 3.05) is 39.3 Å². The minimum atomic E-state index is 0. The molecular formula is C21H35IN6O2S. The van der Waals surface area contributed by atoms with Gasteiger partial charge in [-0.2, -0.15) is 4.98 Å². The molecule has 2 atom stereocenters. The molecule has 10 heteroatoms. The van der Waals surface area contributed by atoms with E-state index in [9.17, 15) is 0 Å². The fraction of sp³-hybridized carbons (Fsp3) is 0.667. The Morgan fingerprint density at radius 2 is 2.23 bits per heavy atom. The maximum Gasteiger partial charge on any atom is 0.228 e. The Morgan fingerprint density at radius 1 is 1.39 bits per heavy atom. The molecule has 1 saturated heterocycles. The number of hydrogen-bond donors (Lipinski definition) is 2. The summed E-state index contributed by atoms with van der Waals surface area (Å²) in [6, 6.07) is 4.57. The summed E-state index contributed by atoms with van der Waals surface area (Å²) in [6.07, 6.45) is 0.918. The molecule has 1 aliphatic heterocycles. The van der Waals surface area contributed by atoms with E-state index in [0.29, 0.717) is 25.4 Å². The summed E-state index contributed by atoms with van der Waals surface area (Å²) in [5, 5.41) is 12.9. The first-order chi connectivity index (χ1) is 14.6. The molecule has 2 N–H and O–H groups in total. The predicted molar refractivity (Wildman–Crippen MR) is 136 cm³/mol. The second-order valence-corrected chi connectivity index (χ2v) is 8.78. The molecule has 174 valence electrons. The molecule has 0 aromatic carbocycles. The van der Waals surface area contributed by atoms with E-state index in [1.807, 2.05) is 0 Å². The van der Waals surface area contributed by atoms with Gasteiger partial charge in [-0.05, 0) is 25.3 Å². The van der Waals surface area contributed by atoms with Gasteiger partial charge in [0.15, 0.2) is 11.8 Å². The van der Waals surface area contributed by atoms with Crippen molar-refractivity contribution < 1.29 is 9.26 Å². The summed E-state index contributed by atoms with van der Waals surface area (Å²) in [7, 11) is 0. The third-order valence-electron chi connectivity index (χ3n) is 4.98. The molecule has 2 aromatic rings. The quantitative estimate of drug-likeness (QED) is 0.275. The van der Waals surface area contributed by atoms with E-state index >= 15 is 0 Å². The molecule has 0 saturated carbocycles. The topological polar surface area (TPSA) is 87.8 Å². The van der Waals surface area contributed by atoms with E-state index in [1.165, 1.54) is 4.88 Å². The average molecular weight is 563 g/mol. The van der Waals surface area contributed by atoms with Crippen LogP contribution in [-0.4, -0.2) is 66.4 Å². The van der Waals surface area contributed by atoms with Crippen LogP contribution in [0.1, 0.15) is 56.2 Å². The minimum Gasteiger partial charge on any atom is -0.376 e. The van der Waals surface area contributed by atoms with Crippen molar-refractivity contribution in [3.63, 3.8) is 0 Å². The highest BCUT2D eigenvalue weighted by molar-refractivity contribution is 14.0. The SMILES string of the molecule is CCNC(=NCC(c1cccs1)N1CCOC(C)C1)NCCc1nc(C(C)C)no1.I. The lowest BCUT2D eigenvalue weighted by atomic mass is 10.1. The number of rotatable bonds is 9. The van der Waals surface area contributed by atoms with Crippen molar-refractivity contribution in [2.24, 2.45) is 4.99 Å². The van der Waals surface area contributed by atoms with E-state index in [4.69, 9.17) is 14.3 Å². The summed E-state index contributed by atoms with van der Waals surface area (Å²) in [5.74, 6) is 2.49. The van der Waals surface area contributed by atoms with Crippen LogP contribution >= 0.6 is 35.3 Å². The molecule has 2 unspecified atom stereocenters. The molecule has 0 aliphatic carbocycles. The van der Waals surface area contributed by atoms with Crippen molar-refractivity contribution in [2.45, 2.75) is 52.2 Å². The van der Waals surface area contributed by atoms with Crippen LogP contribution in [0.15, 0.2) is 27.0 Å². The summed E-state index contributed by atoms with van der Waals surface area (Å²) in [6.45, 7) is 13.1. The smallest absolute Gasteiger partial charge is 0.228 e. The standard InChI is InChI=1S/C21H34N6O2S.HI/c1-5-22-21(23-9-8-19-25-20(15(2)3)26-29-19)24-13-17(18-7-6-12-30-18)27-10-11-28-16(4)14-27;/h6-7,12,15-17H,5,8-11,13-14H2,1-4H3,(H2,22,23,24);1H. The molecule has 2 aromatic heterocycles. The molecule has 1 fully saturated rings. The highest BCUT2D eigenvalue weighted by atomic mass is 127. The number of aromatic nitrogens is 2. The second kappa shape index (κ2) is 13.3. The molecule has 0 spiro atoms. The highest BCUT2D eigenvalue weighted by Gasteiger charge is 2.26. The van der Waals surface area contributed by atoms with Gasteiger partial charge in [0.05, 0.1) is 25.3 Å². The van der Waals surface area contributed by atoms with Gasteiger partial charge in [0.2, 0.25) is 5.89 Å². The van der Waals surface area contributed by atoms with Gasteiger partial charge < -0.3 is 19.9 Å². The zero-order valence-corrected chi connectivity index (χ0v) is 22.0. The third-order valence-corrected chi connectivity index (χ3v) is 5.96. The van der Waals surface area contributed by atoms with Gasteiger partial charge >= 0.3 is 0 Å². The number of nitrogens with one attached hydrogen (secondary N) is 2. The lowest BCUT2D eigenvalue weighted by Crippen LogP contribution is -2.44. The Bertz CT molecular complexity index is 783. The van der Waals surface area contributed by atoms with Crippen LogP contribution in [0.5, 0.6) is 0 Å². The van der Waals surface area contributed by atoms with Crippen LogP contribution in [0.3, 0.4) is 0 Å². The number of guanidine groups is 1. The van der Waals surface area contributed by atoms with Gasteiger partial charge in [0.1, 0.15) is 0 Å². The first kappa shape index (κ1) is 26.0. The zero-order valence-electron chi connectivity index (χ0n) is 18.8. The summed E-state index contributed by atoms with van der Waals surface area (Å²) >= 11 is 1.79. The minimum absolute atomic E-state index is 0. The normalized spacial score (nSPS) is 18.6. The number of hydrogen-bond acceptors (Lipinski definition) is 7. The van der Waals surface area contributed by atoms with Gasteiger partial charge in [-0.25, -0.2) is 0 Å². The average Bonchev–Trinajstić information content (AvgIpc) is 3.40. The maximum atomic E-state index is 5.73.